The number of rotatable bonds is 6. The zero-order valence-electron chi connectivity index (χ0n) is 18.8. The number of thioether (sulfide) groups is 1. The Morgan fingerprint density at radius 1 is 0.943 bits per heavy atom. The summed E-state index contributed by atoms with van der Waals surface area (Å²) in [5.74, 6) is 1.53. The van der Waals surface area contributed by atoms with Crippen LogP contribution >= 0.6 is 11.8 Å². The van der Waals surface area contributed by atoms with Crippen molar-refractivity contribution in [3.05, 3.63) is 84.7 Å². The molecule has 3 aromatic heterocycles. The maximum atomic E-state index is 12.8. The first-order valence-electron chi connectivity index (χ1n) is 11.2. The molecule has 0 fully saturated rings. The molecule has 0 bridgehead atoms. The van der Waals surface area contributed by atoms with E-state index >= 15 is 0 Å². The van der Waals surface area contributed by atoms with Crippen molar-refractivity contribution < 1.29 is 4.79 Å². The van der Waals surface area contributed by atoms with E-state index in [9.17, 15) is 4.79 Å². The summed E-state index contributed by atoms with van der Waals surface area (Å²) in [4.78, 5) is 25.5. The Balaban J connectivity index is 1.27. The molecule has 6 aromatic rings. The summed E-state index contributed by atoms with van der Waals surface area (Å²) in [6, 6.07) is 25.4. The number of imidazole rings is 1. The van der Waals surface area contributed by atoms with Crippen LogP contribution in [0.4, 0.5) is 0 Å². The van der Waals surface area contributed by atoms with Crippen LogP contribution in [0.3, 0.4) is 0 Å². The van der Waals surface area contributed by atoms with Crippen molar-refractivity contribution in [3.8, 4) is 11.4 Å². The predicted molar refractivity (Wildman–Crippen MR) is 137 cm³/mol. The molecular formula is C26H21N7OS. The Hall–Kier alpha value is -4.24. The van der Waals surface area contributed by atoms with Crippen LogP contribution in [0, 0.1) is 0 Å². The second kappa shape index (κ2) is 8.84. The fraction of sp³-hybridized carbons (Fsp3) is 0.115. The smallest absolute Gasteiger partial charge is 0.231 e. The van der Waals surface area contributed by atoms with Crippen LogP contribution in [0.5, 0.6) is 0 Å². The Labute approximate surface area is 204 Å². The number of H-pyrrole nitrogens is 1. The highest BCUT2D eigenvalue weighted by Gasteiger charge is 2.19. The third-order valence-electron chi connectivity index (χ3n) is 5.78. The van der Waals surface area contributed by atoms with Gasteiger partial charge < -0.3 is 10.3 Å². The van der Waals surface area contributed by atoms with Gasteiger partial charge in [0, 0.05) is 10.9 Å². The standard InChI is InChI=1S/C26H21N7OS/c1-16(23-28-20-13-7-8-14-21(20)29-23)27-22(34)15-35-26-32-31-25-18-11-5-6-12-19(18)30-24(33(25)26)17-9-3-2-4-10-17/h2-14,16H,15H2,1H3,(H,27,34)(H,28,29)/t16-/m0/s1. The first kappa shape index (κ1) is 21.3. The number of aromatic amines is 1. The van der Waals surface area contributed by atoms with Gasteiger partial charge >= 0.3 is 0 Å². The fourth-order valence-corrected chi connectivity index (χ4v) is 4.84. The monoisotopic (exact) mass is 479 g/mol. The molecule has 0 aliphatic rings. The van der Waals surface area contributed by atoms with Gasteiger partial charge in [-0.15, -0.1) is 10.2 Å². The van der Waals surface area contributed by atoms with Crippen LogP contribution in [-0.4, -0.2) is 41.2 Å². The first-order chi connectivity index (χ1) is 17.2. The summed E-state index contributed by atoms with van der Waals surface area (Å²) >= 11 is 1.33. The van der Waals surface area contributed by atoms with Crippen molar-refractivity contribution in [2.75, 3.05) is 5.75 Å². The molecule has 8 nitrogen and oxygen atoms in total. The minimum Gasteiger partial charge on any atom is -0.346 e. The predicted octanol–water partition coefficient (Wildman–Crippen LogP) is 4.79. The molecule has 0 spiro atoms. The number of aromatic nitrogens is 6. The van der Waals surface area contributed by atoms with Gasteiger partial charge in [0.05, 0.1) is 28.3 Å². The lowest BCUT2D eigenvalue weighted by Crippen LogP contribution is -2.28. The zero-order valence-corrected chi connectivity index (χ0v) is 19.7. The van der Waals surface area contributed by atoms with Crippen LogP contribution in [0.25, 0.3) is 39.0 Å². The number of carbonyl (C=O) groups excluding carboxylic acids is 1. The highest BCUT2D eigenvalue weighted by atomic mass is 32.2. The molecule has 35 heavy (non-hydrogen) atoms. The number of benzene rings is 3. The summed E-state index contributed by atoms with van der Waals surface area (Å²) < 4.78 is 1.93. The van der Waals surface area contributed by atoms with Gasteiger partial charge in [-0.05, 0) is 31.2 Å². The lowest BCUT2D eigenvalue weighted by atomic mass is 10.2. The normalized spacial score (nSPS) is 12.4. The SMILES string of the molecule is C[C@H](NC(=O)CSc1nnc2c3ccccc3nc(-c3ccccc3)n12)c1nc2ccccc2[nH]1. The average molecular weight is 480 g/mol. The molecule has 0 radical (unpaired) electrons. The van der Waals surface area contributed by atoms with Crippen LogP contribution in [0.2, 0.25) is 0 Å². The van der Waals surface area contributed by atoms with Crippen molar-refractivity contribution in [2.45, 2.75) is 18.1 Å². The molecule has 3 aromatic carbocycles. The molecule has 6 rings (SSSR count). The Bertz CT molecular complexity index is 1640. The molecule has 172 valence electrons. The molecule has 3 heterocycles. The van der Waals surface area contributed by atoms with Crippen LogP contribution < -0.4 is 5.32 Å². The summed E-state index contributed by atoms with van der Waals surface area (Å²) in [5.41, 5.74) is 4.34. The third-order valence-corrected chi connectivity index (χ3v) is 6.71. The Morgan fingerprint density at radius 2 is 1.69 bits per heavy atom. The van der Waals surface area contributed by atoms with Crippen LogP contribution in [0.15, 0.2) is 84.0 Å². The molecule has 0 saturated heterocycles. The Kier molecular flexibility index (Phi) is 5.38. The minimum absolute atomic E-state index is 0.116. The quantitative estimate of drug-likeness (QED) is 0.333. The fourth-order valence-electron chi connectivity index (χ4n) is 4.09. The van der Waals surface area contributed by atoms with Crippen LogP contribution in [0.1, 0.15) is 18.8 Å². The van der Waals surface area contributed by atoms with Gasteiger partial charge in [-0.3, -0.25) is 9.20 Å². The maximum Gasteiger partial charge on any atom is 0.231 e. The molecule has 0 unspecified atom stereocenters. The maximum absolute atomic E-state index is 12.8. The van der Waals surface area contributed by atoms with Crippen LogP contribution in [-0.2, 0) is 4.79 Å². The van der Waals surface area contributed by atoms with Crippen molar-refractivity contribution in [1.29, 1.82) is 0 Å². The number of nitrogens with zero attached hydrogens (tertiary/aromatic N) is 5. The van der Waals surface area contributed by atoms with Gasteiger partial charge in [-0.2, -0.15) is 0 Å². The van der Waals surface area contributed by atoms with Crippen molar-refractivity contribution in [2.24, 2.45) is 0 Å². The molecule has 0 aliphatic carbocycles. The average Bonchev–Trinajstić information content (AvgIpc) is 3.52. The zero-order chi connectivity index (χ0) is 23.8. The first-order valence-corrected chi connectivity index (χ1v) is 12.2. The van der Waals surface area contributed by atoms with E-state index in [4.69, 9.17) is 4.98 Å². The molecule has 0 aliphatic heterocycles. The Morgan fingerprint density at radius 3 is 2.51 bits per heavy atom. The van der Waals surface area contributed by atoms with E-state index in [1.165, 1.54) is 11.8 Å². The summed E-state index contributed by atoms with van der Waals surface area (Å²) in [7, 11) is 0. The van der Waals surface area contributed by atoms with Gasteiger partial charge in [-0.1, -0.05) is 66.4 Å². The number of fused-ring (bicyclic) bond motifs is 4. The number of carbonyl (C=O) groups is 1. The van der Waals surface area contributed by atoms with Crippen molar-refractivity contribution >= 4 is 45.3 Å². The molecule has 9 heteroatoms. The minimum atomic E-state index is -0.254. The summed E-state index contributed by atoms with van der Waals surface area (Å²) in [5, 5.41) is 13.4. The topological polar surface area (TPSA) is 101 Å². The van der Waals surface area contributed by atoms with E-state index in [-0.39, 0.29) is 17.7 Å². The van der Waals surface area contributed by atoms with Gasteiger partial charge in [-0.25, -0.2) is 9.97 Å². The highest BCUT2D eigenvalue weighted by molar-refractivity contribution is 7.99. The largest absolute Gasteiger partial charge is 0.346 e. The van der Waals surface area contributed by atoms with Gasteiger partial charge in [0.25, 0.3) is 0 Å². The van der Waals surface area contributed by atoms with Gasteiger partial charge in [0.2, 0.25) is 5.91 Å². The third kappa shape index (κ3) is 4.00. The number of hydrogen-bond acceptors (Lipinski definition) is 6. The lowest BCUT2D eigenvalue weighted by Gasteiger charge is -2.12. The molecule has 1 amide bonds. The summed E-state index contributed by atoms with van der Waals surface area (Å²) in [6.45, 7) is 1.91. The van der Waals surface area contributed by atoms with E-state index in [1.807, 2.05) is 90.2 Å². The number of para-hydroxylation sites is 3. The summed E-state index contributed by atoms with van der Waals surface area (Å²) in [6.07, 6.45) is 0. The lowest BCUT2D eigenvalue weighted by molar-refractivity contribution is -0.119. The second-order valence-electron chi connectivity index (χ2n) is 8.18. The highest BCUT2D eigenvalue weighted by Crippen LogP contribution is 2.29. The van der Waals surface area contributed by atoms with E-state index in [0.717, 1.165) is 39.1 Å². The van der Waals surface area contributed by atoms with Gasteiger partial charge in [0.15, 0.2) is 10.8 Å². The van der Waals surface area contributed by atoms with Crippen molar-refractivity contribution in [3.63, 3.8) is 0 Å². The molecular weight excluding hydrogens is 458 g/mol. The van der Waals surface area contributed by atoms with Crippen molar-refractivity contribution in [1.82, 2.24) is 34.9 Å². The van der Waals surface area contributed by atoms with E-state index in [1.54, 1.807) is 0 Å². The second-order valence-corrected chi connectivity index (χ2v) is 9.12. The van der Waals surface area contributed by atoms with Gasteiger partial charge in [0.1, 0.15) is 11.6 Å². The van der Waals surface area contributed by atoms with E-state index in [2.05, 4.69) is 25.5 Å². The number of nitrogens with one attached hydrogen (secondary N) is 2. The van der Waals surface area contributed by atoms with E-state index in [0.29, 0.717) is 10.8 Å². The molecule has 1 atom stereocenters. The molecule has 0 saturated carbocycles. The number of hydrogen-bond donors (Lipinski definition) is 2. The molecule has 2 N–H and O–H groups in total. The number of amides is 1. The van der Waals surface area contributed by atoms with E-state index < -0.39 is 0 Å².